The summed E-state index contributed by atoms with van der Waals surface area (Å²) in [5.41, 5.74) is 4.13. The molecule has 2 aromatic heterocycles. The molecule has 0 unspecified atom stereocenters. The minimum Gasteiger partial charge on any atom is -0.267 e. The van der Waals surface area contributed by atoms with Crippen molar-refractivity contribution in [2.75, 3.05) is 5.32 Å². The van der Waals surface area contributed by atoms with E-state index >= 15 is 0 Å². The van der Waals surface area contributed by atoms with E-state index in [4.69, 9.17) is 0 Å². The number of nitrogens with one attached hydrogen (secondary N) is 2. The van der Waals surface area contributed by atoms with Gasteiger partial charge in [-0.05, 0) is 25.5 Å². The molecule has 0 saturated carbocycles. The Kier molecular flexibility index (Phi) is 4.42. The number of benzene rings is 1. The van der Waals surface area contributed by atoms with Gasteiger partial charge < -0.3 is 0 Å². The number of pyridine rings is 1. The van der Waals surface area contributed by atoms with Gasteiger partial charge in [0.25, 0.3) is 11.7 Å². The lowest BCUT2D eigenvalue weighted by Gasteiger charge is -2.01. The fourth-order valence-electron chi connectivity index (χ4n) is 2.73. The molecule has 0 radical (unpaired) electrons. The van der Waals surface area contributed by atoms with Crippen LogP contribution in [-0.2, 0) is 4.79 Å². The van der Waals surface area contributed by atoms with E-state index in [9.17, 15) is 4.79 Å². The number of H-pyrrole nitrogens is 1. The molecule has 0 spiro atoms. The van der Waals surface area contributed by atoms with Gasteiger partial charge in [0.15, 0.2) is 5.69 Å². The first-order valence-electron chi connectivity index (χ1n) is 8.09. The largest absolute Gasteiger partial charge is 0.280 e. The van der Waals surface area contributed by atoms with Crippen LogP contribution in [0.4, 0.5) is 5.82 Å². The second-order valence-electron chi connectivity index (χ2n) is 5.78. The van der Waals surface area contributed by atoms with Crippen molar-refractivity contribution in [2.45, 2.75) is 33.1 Å². The number of hydrogen-bond acceptors (Lipinski definition) is 1. The molecular weight excluding hydrogens is 286 g/mol. The van der Waals surface area contributed by atoms with Crippen LogP contribution in [0.2, 0.25) is 0 Å². The molecule has 4 heteroatoms. The Hall–Kier alpha value is -2.62. The zero-order valence-electron chi connectivity index (χ0n) is 13.6. The fourth-order valence-corrected chi connectivity index (χ4v) is 2.73. The number of carbonyl (C=O) groups excluding carboxylic acids is 1. The van der Waals surface area contributed by atoms with E-state index in [1.807, 2.05) is 47.0 Å². The van der Waals surface area contributed by atoms with Crippen LogP contribution in [0.15, 0.2) is 48.7 Å². The van der Waals surface area contributed by atoms with Gasteiger partial charge in [-0.1, -0.05) is 43.7 Å². The first-order chi connectivity index (χ1) is 11.2. The number of aromatic amines is 1. The molecule has 2 heterocycles. The number of aromatic nitrogens is 2. The summed E-state index contributed by atoms with van der Waals surface area (Å²) >= 11 is 0. The average molecular weight is 308 g/mol. The summed E-state index contributed by atoms with van der Waals surface area (Å²) in [6.07, 6.45) is 4.43. The number of unbranched alkanes of at least 4 members (excludes halogenated alkanes) is 1. The predicted molar refractivity (Wildman–Crippen MR) is 92.3 cm³/mol. The van der Waals surface area contributed by atoms with Gasteiger partial charge in [-0.3, -0.25) is 9.78 Å². The highest BCUT2D eigenvalue weighted by Gasteiger charge is 2.23. The van der Waals surface area contributed by atoms with Crippen molar-refractivity contribution in [3.63, 3.8) is 0 Å². The van der Waals surface area contributed by atoms with E-state index in [2.05, 4.69) is 30.2 Å². The number of rotatable bonds is 5. The zero-order chi connectivity index (χ0) is 16.2. The number of hydrogen-bond donors (Lipinski definition) is 2. The molecular formula is C19H22N3O+. The van der Waals surface area contributed by atoms with Gasteiger partial charge in [0.2, 0.25) is 5.65 Å². The minimum absolute atomic E-state index is 0.0546. The molecule has 1 amide bonds. The average Bonchev–Trinajstić information content (AvgIpc) is 2.94. The first kappa shape index (κ1) is 15.3. The van der Waals surface area contributed by atoms with Crippen molar-refractivity contribution < 1.29 is 9.20 Å². The fraction of sp³-hybridized carbons (Fsp3) is 0.263. The van der Waals surface area contributed by atoms with Gasteiger partial charge in [0.1, 0.15) is 0 Å². The van der Waals surface area contributed by atoms with Crippen LogP contribution in [0, 0.1) is 6.92 Å². The number of aryl methyl sites for hydroxylation is 1. The lowest BCUT2D eigenvalue weighted by molar-refractivity contribution is -0.494. The van der Waals surface area contributed by atoms with E-state index in [-0.39, 0.29) is 5.91 Å². The Bertz CT molecular complexity index is 821. The topological polar surface area (TPSA) is 49.0 Å². The molecule has 3 aromatic rings. The predicted octanol–water partition coefficient (Wildman–Crippen LogP) is 3.86. The third-order valence-corrected chi connectivity index (χ3v) is 3.99. The van der Waals surface area contributed by atoms with Crippen LogP contribution in [-0.4, -0.2) is 10.9 Å². The van der Waals surface area contributed by atoms with Crippen LogP contribution in [0.1, 0.15) is 31.7 Å². The molecule has 23 heavy (non-hydrogen) atoms. The van der Waals surface area contributed by atoms with Crippen molar-refractivity contribution in [3.05, 3.63) is 54.2 Å². The normalized spacial score (nSPS) is 10.9. The summed E-state index contributed by atoms with van der Waals surface area (Å²) in [5.74, 6) is 0.856. The molecule has 4 nitrogen and oxygen atoms in total. The smallest absolute Gasteiger partial charge is 0.267 e. The van der Waals surface area contributed by atoms with Gasteiger partial charge >= 0.3 is 0 Å². The second-order valence-corrected chi connectivity index (χ2v) is 5.78. The van der Waals surface area contributed by atoms with Crippen molar-refractivity contribution >= 4 is 17.4 Å². The molecule has 0 aliphatic carbocycles. The quantitative estimate of drug-likeness (QED) is 0.691. The van der Waals surface area contributed by atoms with E-state index in [0.29, 0.717) is 6.42 Å². The Balaban J connectivity index is 2.09. The highest BCUT2D eigenvalue weighted by atomic mass is 16.1. The van der Waals surface area contributed by atoms with Crippen LogP contribution in [0.25, 0.3) is 16.9 Å². The number of anilines is 1. The lowest BCUT2D eigenvalue weighted by Crippen LogP contribution is -2.27. The summed E-state index contributed by atoms with van der Waals surface area (Å²) in [4.78, 5) is 15.7. The third-order valence-electron chi connectivity index (χ3n) is 3.99. The summed E-state index contributed by atoms with van der Waals surface area (Å²) in [7, 11) is 0. The van der Waals surface area contributed by atoms with E-state index in [1.165, 1.54) is 0 Å². The standard InChI is InChI=1S/C19H21N3O/c1-3-4-12-16(23)20-19-17(15-10-6-5-7-11-15)21-18-14(2)9-8-13-22(18)19/h5-11,13H,3-4,12H2,1-2H3,(H,20,23)/p+1. The van der Waals surface area contributed by atoms with Crippen molar-refractivity contribution in [3.8, 4) is 11.3 Å². The zero-order valence-corrected chi connectivity index (χ0v) is 13.6. The number of amides is 1. The van der Waals surface area contributed by atoms with Crippen LogP contribution in [0.5, 0.6) is 0 Å². The molecule has 0 atom stereocenters. The van der Waals surface area contributed by atoms with E-state index in [0.717, 1.165) is 41.1 Å². The molecule has 0 aliphatic rings. The van der Waals surface area contributed by atoms with Crippen LogP contribution >= 0.6 is 0 Å². The number of nitrogens with zero attached hydrogens (tertiary/aromatic N) is 1. The lowest BCUT2D eigenvalue weighted by atomic mass is 10.1. The van der Waals surface area contributed by atoms with Gasteiger partial charge in [-0.15, -0.1) is 0 Å². The van der Waals surface area contributed by atoms with Crippen molar-refractivity contribution in [1.29, 1.82) is 0 Å². The molecule has 1 aromatic carbocycles. The Morgan fingerprint density at radius 3 is 2.70 bits per heavy atom. The van der Waals surface area contributed by atoms with Crippen LogP contribution < -0.4 is 9.72 Å². The van der Waals surface area contributed by atoms with Gasteiger partial charge in [0.05, 0.1) is 6.20 Å². The maximum Gasteiger partial charge on any atom is 0.280 e. The molecule has 118 valence electrons. The molecule has 0 saturated heterocycles. The summed E-state index contributed by atoms with van der Waals surface area (Å²) in [6.45, 7) is 4.15. The maximum absolute atomic E-state index is 12.2. The Morgan fingerprint density at radius 2 is 1.96 bits per heavy atom. The van der Waals surface area contributed by atoms with E-state index in [1.54, 1.807) is 0 Å². The highest BCUT2D eigenvalue weighted by Crippen LogP contribution is 2.25. The Labute approximate surface area is 136 Å². The highest BCUT2D eigenvalue weighted by molar-refractivity contribution is 5.92. The molecule has 2 N–H and O–H groups in total. The Morgan fingerprint density at radius 1 is 1.17 bits per heavy atom. The van der Waals surface area contributed by atoms with Gasteiger partial charge in [0, 0.05) is 17.5 Å². The minimum atomic E-state index is 0.0546. The molecule has 3 rings (SSSR count). The SMILES string of the molecule is CCCCC(=O)Nc1c(-c2ccccc2)[nH]c2c(C)ccc[n+]12. The van der Waals surface area contributed by atoms with Gasteiger partial charge in [-0.2, -0.15) is 0 Å². The molecule has 0 aliphatic heterocycles. The van der Waals surface area contributed by atoms with Crippen LogP contribution in [0.3, 0.4) is 0 Å². The second kappa shape index (κ2) is 6.65. The summed E-state index contributed by atoms with van der Waals surface area (Å²) in [6, 6.07) is 14.1. The third kappa shape index (κ3) is 3.11. The summed E-state index contributed by atoms with van der Waals surface area (Å²) < 4.78 is 2.02. The maximum atomic E-state index is 12.2. The number of fused-ring (bicyclic) bond motifs is 1. The van der Waals surface area contributed by atoms with Crippen molar-refractivity contribution in [1.82, 2.24) is 4.98 Å². The monoisotopic (exact) mass is 308 g/mol. The van der Waals surface area contributed by atoms with Gasteiger partial charge in [-0.25, -0.2) is 9.72 Å². The number of carbonyl (C=O) groups is 1. The molecule has 0 bridgehead atoms. The van der Waals surface area contributed by atoms with E-state index < -0.39 is 0 Å². The number of imidazole rings is 1. The first-order valence-corrected chi connectivity index (χ1v) is 8.09. The molecule has 0 fully saturated rings. The van der Waals surface area contributed by atoms with Crippen molar-refractivity contribution in [2.24, 2.45) is 0 Å². The summed E-state index contributed by atoms with van der Waals surface area (Å²) in [5, 5.41) is 3.09.